The number of fused-ring (bicyclic) bond motifs is 4. The van der Waals surface area contributed by atoms with E-state index in [2.05, 4.69) is 0 Å². The first kappa shape index (κ1) is 22.7. The summed E-state index contributed by atoms with van der Waals surface area (Å²) in [7, 11) is 1.56. The normalized spacial score (nSPS) is 21.7. The quantitative estimate of drug-likeness (QED) is 0.464. The number of likely N-dealkylation sites (tertiary alicyclic amines) is 1. The molecular formula is C27H27NO8. The molecular weight excluding hydrogens is 466 g/mol. The molecule has 2 aromatic carbocycles. The zero-order valence-electron chi connectivity index (χ0n) is 20.3. The number of benzene rings is 2. The van der Waals surface area contributed by atoms with Crippen LogP contribution in [0.1, 0.15) is 60.0 Å². The SMILES string of the molecule is COc1cc([C@@H]2CC(=O)Oc3ccc4c(c32)OC2(CCN(C(C)=O)CC2)CC4=O)cc2c1OCCO2. The van der Waals surface area contributed by atoms with E-state index in [9.17, 15) is 14.4 Å². The maximum atomic E-state index is 13.3. The minimum Gasteiger partial charge on any atom is -0.493 e. The first-order chi connectivity index (χ1) is 17.4. The predicted octanol–water partition coefficient (Wildman–Crippen LogP) is 3.25. The fourth-order valence-corrected chi connectivity index (χ4v) is 5.69. The summed E-state index contributed by atoms with van der Waals surface area (Å²) < 4.78 is 29.4. The predicted molar refractivity (Wildman–Crippen MR) is 126 cm³/mol. The summed E-state index contributed by atoms with van der Waals surface area (Å²) in [5.74, 6) is 1.65. The Morgan fingerprint density at radius 1 is 1.06 bits per heavy atom. The molecule has 9 nitrogen and oxygen atoms in total. The summed E-state index contributed by atoms with van der Waals surface area (Å²) in [4.78, 5) is 39.6. The Kier molecular flexibility index (Phi) is 5.31. The standard InChI is InChI=1S/C27H27NO8/c1-15(29)28-7-5-27(6-8-28)14-19(30)17-3-4-20-24(25(17)36-27)18(13-23(31)35-20)16-11-21(32-2)26-22(12-16)33-9-10-34-26/h3-4,11-12,18H,5-10,13-14H2,1-2H3/t18-/m0/s1. The Morgan fingerprint density at radius 2 is 1.83 bits per heavy atom. The van der Waals surface area contributed by atoms with E-state index >= 15 is 0 Å². The maximum Gasteiger partial charge on any atom is 0.312 e. The van der Waals surface area contributed by atoms with Gasteiger partial charge in [0.1, 0.15) is 30.3 Å². The van der Waals surface area contributed by atoms with Gasteiger partial charge in [-0.3, -0.25) is 14.4 Å². The third-order valence-electron chi connectivity index (χ3n) is 7.57. The number of hydrogen-bond acceptors (Lipinski definition) is 8. The van der Waals surface area contributed by atoms with Crippen LogP contribution in [-0.4, -0.2) is 61.6 Å². The number of carbonyl (C=O) groups excluding carboxylic acids is 3. The van der Waals surface area contributed by atoms with Gasteiger partial charge < -0.3 is 28.6 Å². The second-order valence-corrected chi connectivity index (χ2v) is 9.72. The van der Waals surface area contributed by atoms with E-state index in [0.717, 1.165) is 5.56 Å². The molecule has 0 bridgehead atoms. The first-order valence-electron chi connectivity index (χ1n) is 12.2. The molecule has 6 rings (SSSR count). The van der Waals surface area contributed by atoms with Crippen LogP contribution in [-0.2, 0) is 9.59 Å². The monoisotopic (exact) mass is 493 g/mol. The number of nitrogens with zero attached hydrogens (tertiary/aromatic N) is 1. The van der Waals surface area contributed by atoms with Crippen molar-refractivity contribution in [3.8, 4) is 28.7 Å². The van der Waals surface area contributed by atoms with E-state index in [1.54, 1.807) is 31.1 Å². The highest BCUT2D eigenvalue weighted by Crippen LogP contribution is 2.52. The van der Waals surface area contributed by atoms with Crippen LogP contribution in [0.5, 0.6) is 28.7 Å². The highest BCUT2D eigenvalue weighted by Gasteiger charge is 2.46. The smallest absolute Gasteiger partial charge is 0.312 e. The molecule has 36 heavy (non-hydrogen) atoms. The van der Waals surface area contributed by atoms with E-state index < -0.39 is 11.5 Å². The van der Waals surface area contributed by atoms with Gasteiger partial charge in [-0.05, 0) is 29.8 Å². The van der Waals surface area contributed by atoms with Gasteiger partial charge in [0, 0.05) is 44.3 Å². The van der Waals surface area contributed by atoms with Crippen LogP contribution in [0.3, 0.4) is 0 Å². The van der Waals surface area contributed by atoms with Gasteiger partial charge in [-0.15, -0.1) is 0 Å². The van der Waals surface area contributed by atoms with Crippen molar-refractivity contribution in [3.05, 3.63) is 41.0 Å². The lowest BCUT2D eigenvalue weighted by molar-refractivity contribution is -0.135. The van der Waals surface area contributed by atoms with Crippen molar-refractivity contribution >= 4 is 17.7 Å². The molecule has 1 amide bonds. The van der Waals surface area contributed by atoms with Gasteiger partial charge in [0.15, 0.2) is 17.3 Å². The number of esters is 1. The van der Waals surface area contributed by atoms with Crippen LogP contribution < -0.4 is 23.7 Å². The van der Waals surface area contributed by atoms with Gasteiger partial charge >= 0.3 is 5.97 Å². The van der Waals surface area contributed by atoms with E-state index in [4.69, 9.17) is 23.7 Å². The Balaban J connectivity index is 1.45. The van der Waals surface area contributed by atoms with E-state index in [0.29, 0.717) is 79.0 Å². The topological polar surface area (TPSA) is 101 Å². The van der Waals surface area contributed by atoms with Crippen LogP contribution in [0.4, 0.5) is 0 Å². The van der Waals surface area contributed by atoms with Crippen molar-refractivity contribution in [2.75, 3.05) is 33.4 Å². The minimum absolute atomic E-state index is 0.00858. The maximum absolute atomic E-state index is 13.3. The molecule has 1 atom stereocenters. The lowest BCUT2D eigenvalue weighted by Gasteiger charge is -2.45. The summed E-state index contributed by atoms with van der Waals surface area (Å²) in [6.07, 6.45) is 1.45. The summed E-state index contributed by atoms with van der Waals surface area (Å²) in [6.45, 7) is 3.45. The van der Waals surface area contributed by atoms with E-state index in [1.807, 2.05) is 12.1 Å². The fraction of sp³-hybridized carbons (Fsp3) is 0.444. The third-order valence-corrected chi connectivity index (χ3v) is 7.57. The minimum atomic E-state index is -0.693. The average Bonchev–Trinajstić information content (AvgIpc) is 2.87. The van der Waals surface area contributed by atoms with Crippen LogP contribution in [0.2, 0.25) is 0 Å². The van der Waals surface area contributed by atoms with Gasteiger partial charge in [0.05, 0.1) is 25.5 Å². The molecule has 0 N–H and O–H groups in total. The lowest BCUT2D eigenvalue weighted by Crippen LogP contribution is -2.52. The van der Waals surface area contributed by atoms with Crippen molar-refractivity contribution < 1.29 is 38.1 Å². The second kappa shape index (κ2) is 8.43. The van der Waals surface area contributed by atoms with Crippen LogP contribution in [0.15, 0.2) is 24.3 Å². The van der Waals surface area contributed by atoms with Gasteiger partial charge in [0.25, 0.3) is 0 Å². The third kappa shape index (κ3) is 3.65. The van der Waals surface area contributed by atoms with E-state index in [-0.39, 0.29) is 30.5 Å². The summed E-state index contributed by atoms with van der Waals surface area (Å²) in [5, 5.41) is 0. The van der Waals surface area contributed by atoms with Crippen molar-refractivity contribution in [1.29, 1.82) is 0 Å². The van der Waals surface area contributed by atoms with Crippen LogP contribution in [0, 0.1) is 0 Å². The molecule has 4 aliphatic rings. The molecule has 188 valence electrons. The molecule has 1 saturated heterocycles. The zero-order chi connectivity index (χ0) is 25.0. The highest BCUT2D eigenvalue weighted by molar-refractivity contribution is 6.01. The number of carbonyl (C=O) groups is 3. The molecule has 0 saturated carbocycles. The van der Waals surface area contributed by atoms with Crippen LogP contribution in [0.25, 0.3) is 0 Å². The Bertz CT molecular complexity index is 1260. The number of methoxy groups -OCH3 is 1. The molecule has 4 heterocycles. The molecule has 4 aliphatic heterocycles. The molecule has 0 aliphatic carbocycles. The number of ketones is 1. The number of amides is 1. The van der Waals surface area contributed by atoms with Crippen LogP contribution >= 0.6 is 0 Å². The Labute approximate surface area is 208 Å². The average molecular weight is 494 g/mol. The van der Waals surface area contributed by atoms with Crippen molar-refractivity contribution in [2.45, 2.75) is 44.1 Å². The van der Waals surface area contributed by atoms with Crippen molar-refractivity contribution in [3.63, 3.8) is 0 Å². The number of Topliss-reactive ketones (excluding diaryl/α,β-unsaturated/α-hetero) is 1. The molecule has 1 spiro atoms. The van der Waals surface area contributed by atoms with E-state index in [1.165, 1.54) is 0 Å². The number of ether oxygens (including phenoxy) is 5. The fourth-order valence-electron chi connectivity index (χ4n) is 5.69. The summed E-state index contributed by atoms with van der Waals surface area (Å²) >= 11 is 0. The Hall–Kier alpha value is -3.75. The molecule has 0 unspecified atom stereocenters. The molecule has 1 fully saturated rings. The largest absolute Gasteiger partial charge is 0.493 e. The summed E-state index contributed by atoms with van der Waals surface area (Å²) in [6, 6.07) is 7.04. The zero-order valence-corrected chi connectivity index (χ0v) is 20.3. The first-order valence-corrected chi connectivity index (χ1v) is 12.2. The van der Waals surface area contributed by atoms with Gasteiger partial charge in [-0.2, -0.15) is 0 Å². The lowest BCUT2D eigenvalue weighted by atomic mass is 9.79. The van der Waals surface area contributed by atoms with Crippen molar-refractivity contribution in [2.24, 2.45) is 0 Å². The van der Waals surface area contributed by atoms with Gasteiger partial charge in [0.2, 0.25) is 11.7 Å². The number of rotatable bonds is 2. The molecule has 0 aromatic heterocycles. The Morgan fingerprint density at radius 3 is 2.58 bits per heavy atom. The summed E-state index contributed by atoms with van der Waals surface area (Å²) in [5.41, 5.74) is 1.25. The number of hydrogen-bond donors (Lipinski definition) is 0. The van der Waals surface area contributed by atoms with Gasteiger partial charge in [-0.1, -0.05) is 0 Å². The molecule has 2 aromatic rings. The molecule has 0 radical (unpaired) electrons. The number of piperidine rings is 1. The van der Waals surface area contributed by atoms with Crippen molar-refractivity contribution in [1.82, 2.24) is 4.90 Å². The molecule has 9 heteroatoms. The second-order valence-electron chi connectivity index (χ2n) is 9.72. The highest BCUT2D eigenvalue weighted by atomic mass is 16.6. The van der Waals surface area contributed by atoms with Gasteiger partial charge in [-0.25, -0.2) is 0 Å².